The normalized spacial score (nSPS) is 23.6. The average Bonchev–Trinajstić information content (AvgIpc) is 2.76. The Morgan fingerprint density at radius 3 is 2.86 bits per heavy atom. The van der Waals surface area contributed by atoms with Crippen molar-refractivity contribution in [3.63, 3.8) is 0 Å². The highest BCUT2D eigenvalue weighted by atomic mass is 19.1. The van der Waals surface area contributed by atoms with Crippen molar-refractivity contribution in [3.05, 3.63) is 35.6 Å². The molecule has 5 heteroatoms. The number of benzene rings is 1. The molecule has 3 atom stereocenters. The average molecular weight is 294 g/mol. The molecule has 0 saturated carbocycles. The predicted octanol–water partition coefficient (Wildman–Crippen LogP) is 2.32. The zero-order chi connectivity index (χ0) is 15.4. The van der Waals surface area contributed by atoms with Crippen LogP contribution in [0.2, 0.25) is 0 Å². The monoisotopic (exact) mass is 294 g/mol. The van der Waals surface area contributed by atoms with Crippen molar-refractivity contribution in [2.75, 3.05) is 20.3 Å². The maximum absolute atomic E-state index is 13.5. The Balaban J connectivity index is 2.22. The molecule has 1 aromatic carbocycles. The van der Waals surface area contributed by atoms with E-state index in [0.717, 1.165) is 12.0 Å². The Morgan fingerprint density at radius 1 is 1.48 bits per heavy atom. The third kappa shape index (κ3) is 3.60. The molecule has 4 nitrogen and oxygen atoms in total. The second-order valence-electron chi connectivity index (χ2n) is 5.64. The Morgan fingerprint density at radius 2 is 2.24 bits per heavy atom. The number of nitrogens with zero attached hydrogens (tertiary/aromatic N) is 1. The molecule has 0 aliphatic carbocycles. The topological polar surface area (TPSA) is 41.6 Å². The lowest BCUT2D eigenvalue weighted by Gasteiger charge is -2.27. The van der Waals surface area contributed by atoms with Crippen molar-refractivity contribution < 1.29 is 13.9 Å². The van der Waals surface area contributed by atoms with Gasteiger partial charge >= 0.3 is 0 Å². The first kappa shape index (κ1) is 15.9. The van der Waals surface area contributed by atoms with E-state index in [2.05, 4.69) is 5.32 Å². The van der Waals surface area contributed by atoms with Gasteiger partial charge in [-0.15, -0.1) is 0 Å². The van der Waals surface area contributed by atoms with Gasteiger partial charge in [0.2, 0.25) is 5.91 Å². The third-order valence-electron chi connectivity index (χ3n) is 3.78. The lowest BCUT2D eigenvalue weighted by molar-refractivity contribution is -0.131. The molecule has 2 rings (SSSR count). The highest BCUT2D eigenvalue weighted by molar-refractivity contribution is 5.84. The minimum Gasteiger partial charge on any atom is -0.384 e. The molecule has 1 fully saturated rings. The number of ether oxygens (including phenoxy) is 1. The van der Waals surface area contributed by atoms with Gasteiger partial charge in [-0.1, -0.05) is 26.0 Å². The van der Waals surface area contributed by atoms with Crippen LogP contribution in [0.3, 0.4) is 0 Å². The van der Waals surface area contributed by atoms with Crippen LogP contribution < -0.4 is 5.32 Å². The fraction of sp³-hybridized carbons (Fsp3) is 0.562. The number of carbonyl (C=O) groups is 1. The van der Waals surface area contributed by atoms with E-state index in [-0.39, 0.29) is 29.8 Å². The van der Waals surface area contributed by atoms with Gasteiger partial charge < -0.3 is 9.64 Å². The molecular formula is C16H23FN2O2. The largest absolute Gasteiger partial charge is 0.384 e. The molecule has 1 aromatic rings. The second-order valence-corrected chi connectivity index (χ2v) is 5.64. The van der Waals surface area contributed by atoms with Crippen LogP contribution in [0.1, 0.15) is 32.0 Å². The smallest absolute Gasteiger partial charge is 0.241 e. The van der Waals surface area contributed by atoms with E-state index in [1.807, 2.05) is 19.9 Å². The van der Waals surface area contributed by atoms with Crippen molar-refractivity contribution in [2.24, 2.45) is 5.92 Å². The van der Waals surface area contributed by atoms with E-state index in [4.69, 9.17) is 4.74 Å². The molecule has 1 heterocycles. The molecule has 0 spiro atoms. The summed E-state index contributed by atoms with van der Waals surface area (Å²) in [5.41, 5.74) is 0.781. The lowest BCUT2D eigenvalue weighted by atomic mass is 10.1. The minimum atomic E-state index is -0.286. The van der Waals surface area contributed by atoms with Crippen molar-refractivity contribution in [2.45, 2.75) is 32.5 Å². The summed E-state index contributed by atoms with van der Waals surface area (Å²) in [7, 11) is 1.65. The molecular weight excluding hydrogens is 271 g/mol. The summed E-state index contributed by atoms with van der Waals surface area (Å²) in [4.78, 5) is 14.3. The molecule has 1 aliphatic heterocycles. The van der Waals surface area contributed by atoms with Gasteiger partial charge in [-0.3, -0.25) is 10.1 Å². The molecule has 21 heavy (non-hydrogen) atoms. The van der Waals surface area contributed by atoms with Crippen LogP contribution in [0.4, 0.5) is 4.39 Å². The molecule has 0 aromatic heterocycles. The number of hydrogen-bond acceptors (Lipinski definition) is 3. The van der Waals surface area contributed by atoms with Gasteiger partial charge in [0, 0.05) is 13.7 Å². The first-order valence-corrected chi connectivity index (χ1v) is 7.37. The Labute approximate surface area is 125 Å². The quantitative estimate of drug-likeness (QED) is 0.875. The number of methoxy groups -OCH3 is 1. The Bertz CT molecular complexity index is 495. The van der Waals surface area contributed by atoms with Gasteiger partial charge in [-0.05, 0) is 30.0 Å². The Hall–Kier alpha value is -1.46. The van der Waals surface area contributed by atoms with Crippen LogP contribution in [0.15, 0.2) is 24.3 Å². The third-order valence-corrected chi connectivity index (χ3v) is 3.78. The second kappa shape index (κ2) is 7.00. The number of amides is 1. The highest BCUT2D eigenvalue weighted by Crippen LogP contribution is 2.27. The molecule has 116 valence electrons. The number of carbonyl (C=O) groups excluding carboxylic acids is 1. The predicted molar refractivity (Wildman–Crippen MR) is 79.1 cm³/mol. The zero-order valence-corrected chi connectivity index (χ0v) is 12.8. The first-order chi connectivity index (χ1) is 10.1. The van der Waals surface area contributed by atoms with E-state index < -0.39 is 0 Å². The van der Waals surface area contributed by atoms with Gasteiger partial charge in [0.15, 0.2) is 0 Å². The summed E-state index contributed by atoms with van der Waals surface area (Å²) >= 11 is 0. The van der Waals surface area contributed by atoms with E-state index >= 15 is 0 Å². The molecule has 1 aliphatic rings. The molecule has 0 bridgehead atoms. The number of halogens is 1. The lowest BCUT2D eigenvalue weighted by Crippen LogP contribution is -2.35. The number of rotatable bonds is 6. The van der Waals surface area contributed by atoms with Crippen molar-refractivity contribution in [3.8, 4) is 0 Å². The summed E-state index contributed by atoms with van der Waals surface area (Å²) in [5, 5.41) is 3.30. The summed E-state index contributed by atoms with van der Waals surface area (Å²) in [6, 6.07) is 6.22. The minimum absolute atomic E-state index is 0.0784. The van der Waals surface area contributed by atoms with Crippen LogP contribution in [0.25, 0.3) is 0 Å². The summed E-state index contributed by atoms with van der Waals surface area (Å²) in [6.07, 6.45) is 0.456. The standard InChI is InChI=1S/C16H23FN2O2/c1-4-14-16(20)19(9-11(2)10-21-3)15(18-14)12-6-5-7-13(17)8-12/h5-8,11,14-15,18H,4,9-10H2,1-3H3. The summed E-state index contributed by atoms with van der Waals surface area (Å²) in [6.45, 7) is 5.20. The summed E-state index contributed by atoms with van der Waals surface area (Å²) in [5.74, 6) is 0.0220. The highest BCUT2D eigenvalue weighted by Gasteiger charge is 2.39. The van der Waals surface area contributed by atoms with Crippen LogP contribution in [0.5, 0.6) is 0 Å². The molecule has 1 amide bonds. The van der Waals surface area contributed by atoms with Crippen LogP contribution >= 0.6 is 0 Å². The van der Waals surface area contributed by atoms with Gasteiger partial charge in [0.1, 0.15) is 12.0 Å². The van der Waals surface area contributed by atoms with Crippen LogP contribution in [-0.2, 0) is 9.53 Å². The SMILES string of the molecule is CCC1NC(c2cccc(F)c2)N(CC(C)COC)C1=O. The molecule has 1 N–H and O–H groups in total. The fourth-order valence-electron chi connectivity index (χ4n) is 2.79. The molecule has 1 saturated heterocycles. The first-order valence-electron chi connectivity index (χ1n) is 7.37. The fourth-order valence-corrected chi connectivity index (χ4v) is 2.79. The molecule has 3 unspecified atom stereocenters. The van der Waals surface area contributed by atoms with E-state index in [1.54, 1.807) is 18.1 Å². The van der Waals surface area contributed by atoms with Crippen molar-refractivity contribution in [1.82, 2.24) is 10.2 Å². The van der Waals surface area contributed by atoms with E-state index in [0.29, 0.717) is 13.2 Å². The number of nitrogens with one attached hydrogen (secondary N) is 1. The van der Waals surface area contributed by atoms with Gasteiger partial charge in [0.05, 0.1) is 12.6 Å². The van der Waals surface area contributed by atoms with Gasteiger partial charge in [-0.25, -0.2) is 4.39 Å². The number of hydrogen-bond donors (Lipinski definition) is 1. The summed E-state index contributed by atoms with van der Waals surface area (Å²) < 4.78 is 18.6. The van der Waals surface area contributed by atoms with E-state index in [9.17, 15) is 9.18 Å². The maximum Gasteiger partial charge on any atom is 0.241 e. The van der Waals surface area contributed by atoms with Crippen molar-refractivity contribution >= 4 is 5.91 Å². The Kier molecular flexibility index (Phi) is 5.31. The van der Waals surface area contributed by atoms with Crippen LogP contribution in [-0.4, -0.2) is 37.1 Å². The van der Waals surface area contributed by atoms with Crippen LogP contribution in [0, 0.1) is 11.7 Å². The van der Waals surface area contributed by atoms with Gasteiger partial charge in [-0.2, -0.15) is 0 Å². The zero-order valence-electron chi connectivity index (χ0n) is 12.8. The maximum atomic E-state index is 13.5. The van der Waals surface area contributed by atoms with Crippen molar-refractivity contribution in [1.29, 1.82) is 0 Å². The molecule has 0 radical (unpaired) electrons. The van der Waals surface area contributed by atoms with Gasteiger partial charge in [0.25, 0.3) is 0 Å². The van der Waals surface area contributed by atoms with E-state index in [1.165, 1.54) is 12.1 Å².